The lowest BCUT2D eigenvalue weighted by Crippen LogP contribution is -2.05. The lowest BCUT2D eigenvalue weighted by atomic mass is 10.1. The van der Waals surface area contributed by atoms with Gasteiger partial charge in [0, 0.05) is 18.3 Å². The van der Waals surface area contributed by atoms with Gasteiger partial charge in [-0.25, -0.2) is 4.98 Å². The maximum atomic E-state index is 5.94. The highest BCUT2D eigenvalue weighted by molar-refractivity contribution is 5.46. The van der Waals surface area contributed by atoms with Gasteiger partial charge in [0.05, 0.1) is 0 Å². The van der Waals surface area contributed by atoms with Crippen molar-refractivity contribution in [3.63, 3.8) is 0 Å². The summed E-state index contributed by atoms with van der Waals surface area (Å²) in [5, 5.41) is 0. The van der Waals surface area contributed by atoms with Crippen molar-refractivity contribution >= 4 is 0 Å². The predicted octanol–water partition coefficient (Wildman–Crippen LogP) is 3.82. The van der Waals surface area contributed by atoms with Crippen LogP contribution in [0.25, 0.3) is 0 Å². The molecule has 2 rings (SSSR count). The number of nitrogens with two attached hydrogens (primary N) is 1. The lowest BCUT2D eigenvalue weighted by molar-refractivity contribution is 0.454. The first-order valence-corrected chi connectivity index (χ1v) is 6.45. The molecule has 19 heavy (non-hydrogen) atoms. The Hall–Kier alpha value is -1.87. The van der Waals surface area contributed by atoms with E-state index in [2.05, 4.69) is 31.0 Å². The number of aryl methyl sites for hydroxylation is 2. The summed E-state index contributed by atoms with van der Waals surface area (Å²) >= 11 is 0. The number of nitrogens with zero attached hydrogens (tertiary/aromatic N) is 1. The first kappa shape index (κ1) is 13.6. The standard InChI is InChI=1S/C16H20N2O/c1-10-5-6-11(2)16(12(10)3)19-15-9-14(13(4)17)7-8-18-15/h5-9,13H,17H2,1-4H3. The van der Waals surface area contributed by atoms with Crippen molar-refractivity contribution in [2.75, 3.05) is 0 Å². The number of hydrogen-bond acceptors (Lipinski definition) is 3. The molecule has 0 amide bonds. The fourth-order valence-electron chi connectivity index (χ4n) is 1.95. The maximum Gasteiger partial charge on any atom is 0.219 e. The van der Waals surface area contributed by atoms with Crippen LogP contribution in [-0.2, 0) is 0 Å². The van der Waals surface area contributed by atoms with Gasteiger partial charge in [0.25, 0.3) is 0 Å². The SMILES string of the molecule is Cc1ccc(C)c(Oc2cc(C(C)N)ccn2)c1C. The molecule has 0 fully saturated rings. The fourth-order valence-corrected chi connectivity index (χ4v) is 1.95. The van der Waals surface area contributed by atoms with Crippen molar-refractivity contribution in [2.24, 2.45) is 5.73 Å². The molecule has 0 saturated carbocycles. The summed E-state index contributed by atoms with van der Waals surface area (Å²) in [5.74, 6) is 1.47. The van der Waals surface area contributed by atoms with E-state index >= 15 is 0 Å². The van der Waals surface area contributed by atoms with Crippen molar-refractivity contribution in [1.29, 1.82) is 0 Å². The third kappa shape index (κ3) is 2.93. The number of ether oxygens (including phenoxy) is 1. The molecule has 1 aromatic carbocycles. The van der Waals surface area contributed by atoms with E-state index in [1.54, 1.807) is 6.20 Å². The van der Waals surface area contributed by atoms with E-state index < -0.39 is 0 Å². The Kier molecular flexibility index (Phi) is 3.86. The van der Waals surface area contributed by atoms with E-state index in [9.17, 15) is 0 Å². The predicted molar refractivity (Wildman–Crippen MR) is 77.6 cm³/mol. The third-order valence-electron chi connectivity index (χ3n) is 3.36. The summed E-state index contributed by atoms with van der Waals surface area (Å²) in [6.07, 6.45) is 1.73. The van der Waals surface area contributed by atoms with Crippen molar-refractivity contribution < 1.29 is 4.74 Å². The molecule has 0 bridgehead atoms. The number of hydrogen-bond donors (Lipinski definition) is 1. The van der Waals surface area contributed by atoms with E-state index in [4.69, 9.17) is 10.5 Å². The zero-order chi connectivity index (χ0) is 14.0. The van der Waals surface area contributed by atoms with Gasteiger partial charge < -0.3 is 10.5 Å². The van der Waals surface area contributed by atoms with Crippen molar-refractivity contribution in [3.05, 3.63) is 52.7 Å². The molecule has 2 N–H and O–H groups in total. The largest absolute Gasteiger partial charge is 0.438 e. The van der Waals surface area contributed by atoms with Crippen LogP contribution in [0.2, 0.25) is 0 Å². The molecule has 100 valence electrons. The smallest absolute Gasteiger partial charge is 0.219 e. The van der Waals surface area contributed by atoms with Crippen molar-refractivity contribution in [2.45, 2.75) is 33.7 Å². The average molecular weight is 256 g/mol. The first-order valence-electron chi connectivity index (χ1n) is 6.45. The van der Waals surface area contributed by atoms with E-state index in [-0.39, 0.29) is 6.04 Å². The van der Waals surface area contributed by atoms with Crippen LogP contribution in [0.4, 0.5) is 0 Å². The summed E-state index contributed by atoms with van der Waals surface area (Å²) < 4.78 is 5.94. The summed E-state index contributed by atoms with van der Waals surface area (Å²) in [5.41, 5.74) is 10.4. The normalized spacial score (nSPS) is 12.3. The van der Waals surface area contributed by atoms with Crippen LogP contribution in [0.5, 0.6) is 11.6 Å². The Labute approximate surface area is 114 Å². The summed E-state index contributed by atoms with van der Waals surface area (Å²) in [7, 11) is 0. The highest BCUT2D eigenvalue weighted by Crippen LogP contribution is 2.30. The second-order valence-corrected chi connectivity index (χ2v) is 4.97. The van der Waals surface area contributed by atoms with Crippen molar-refractivity contribution in [1.82, 2.24) is 4.98 Å². The lowest BCUT2D eigenvalue weighted by Gasteiger charge is -2.14. The average Bonchev–Trinajstić information content (AvgIpc) is 2.39. The molecule has 0 aliphatic rings. The van der Waals surface area contributed by atoms with E-state index in [1.807, 2.05) is 26.0 Å². The van der Waals surface area contributed by atoms with Gasteiger partial charge in [-0.05, 0) is 56.0 Å². The number of rotatable bonds is 3. The molecule has 0 aliphatic carbocycles. The Morgan fingerprint density at radius 1 is 1.11 bits per heavy atom. The Morgan fingerprint density at radius 3 is 2.47 bits per heavy atom. The number of benzene rings is 1. The van der Waals surface area contributed by atoms with Gasteiger partial charge >= 0.3 is 0 Å². The molecule has 3 nitrogen and oxygen atoms in total. The van der Waals surface area contributed by atoms with Crippen molar-refractivity contribution in [3.8, 4) is 11.6 Å². The van der Waals surface area contributed by atoms with E-state index in [0.717, 1.165) is 22.4 Å². The molecule has 0 saturated heterocycles. The first-order chi connectivity index (χ1) is 8.99. The molecule has 1 heterocycles. The number of pyridine rings is 1. The Morgan fingerprint density at radius 2 is 1.79 bits per heavy atom. The Bertz CT molecular complexity index is 591. The molecule has 1 atom stereocenters. The minimum atomic E-state index is -0.0231. The molecular weight excluding hydrogens is 236 g/mol. The van der Waals surface area contributed by atoms with Gasteiger partial charge in [0.1, 0.15) is 5.75 Å². The second kappa shape index (κ2) is 5.41. The number of aromatic nitrogens is 1. The molecule has 0 radical (unpaired) electrons. The molecule has 2 aromatic rings. The zero-order valence-electron chi connectivity index (χ0n) is 11.9. The molecule has 1 unspecified atom stereocenters. The summed E-state index contributed by atoms with van der Waals surface area (Å²) in [6, 6.07) is 7.94. The van der Waals surface area contributed by atoms with Crippen LogP contribution in [0.1, 0.15) is 35.2 Å². The van der Waals surface area contributed by atoms with Gasteiger partial charge in [0.2, 0.25) is 5.88 Å². The molecule has 0 spiro atoms. The summed E-state index contributed by atoms with van der Waals surface area (Å²) in [6.45, 7) is 8.12. The Balaban J connectivity index is 2.36. The topological polar surface area (TPSA) is 48.1 Å². The molecule has 0 aliphatic heterocycles. The van der Waals surface area contributed by atoms with Gasteiger partial charge in [-0.2, -0.15) is 0 Å². The highest BCUT2D eigenvalue weighted by atomic mass is 16.5. The summed E-state index contributed by atoms with van der Waals surface area (Å²) in [4.78, 5) is 4.25. The highest BCUT2D eigenvalue weighted by Gasteiger charge is 2.09. The van der Waals surface area contributed by atoms with Crippen LogP contribution < -0.4 is 10.5 Å². The van der Waals surface area contributed by atoms with Crippen LogP contribution in [-0.4, -0.2) is 4.98 Å². The quantitative estimate of drug-likeness (QED) is 0.908. The minimum Gasteiger partial charge on any atom is -0.438 e. The zero-order valence-corrected chi connectivity index (χ0v) is 11.9. The van der Waals surface area contributed by atoms with Gasteiger partial charge in [0.15, 0.2) is 0 Å². The second-order valence-electron chi connectivity index (χ2n) is 4.97. The third-order valence-corrected chi connectivity index (χ3v) is 3.36. The van der Waals surface area contributed by atoms with Crippen LogP contribution >= 0.6 is 0 Å². The minimum absolute atomic E-state index is 0.0231. The van der Waals surface area contributed by atoms with E-state index in [1.165, 1.54) is 5.56 Å². The maximum absolute atomic E-state index is 5.94. The van der Waals surface area contributed by atoms with Crippen LogP contribution in [0.3, 0.4) is 0 Å². The fraction of sp³-hybridized carbons (Fsp3) is 0.312. The molecular formula is C16H20N2O. The van der Waals surface area contributed by atoms with Gasteiger partial charge in [-0.1, -0.05) is 12.1 Å². The van der Waals surface area contributed by atoms with Gasteiger partial charge in [-0.15, -0.1) is 0 Å². The molecule has 3 heteroatoms. The van der Waals surface area contributed by atoms with Crippen LogP contribution in [0, 0.1) is 20.8 Å². The molecule has 1 aromatic heterocycles. The van der Waals surface area contributed by atoms with Gasteiger partial charge in [-0.3, -0.25) is 0 Å². The van der Waals surface area contributed by atoms with E-state index in [0.29, 0.717) is 5.88 Å². The monoisotopic (exact) mass is 256 g/mol. The van der Waals surface area contributed by atoms with Crippen LogP contribution in [0.15, 0.2) is 30.5 Å².